The quantitative estimate of drug-likeness (QED) is 0.640. The molecule has 0 fully saturated rings. The predicted molar refractivity (Wildman–Crippen MR) is 73.8 cm³/mol. The van der Waals surface area contributed by atoms with Crippen LogP contribution in [0.2, 0.25) is 0 Å². The van der Waals surface area contributed by atoms with Gasteiger partial charge in [0.25, 0.3) is 0 Å². The van der Waals surface area contributed by atoms with E-state index in [1.165, 1.54) is 0 Å². The zero-order valence-electron chi connectivity index (χ0n) is 12.0. The van der Waals surface area contributed by atoms with E-state index in [1.54, 1.807) is 0 Å². The molecule has 2 atom stereocenters. The molecule has 0 heterocycles. The highest BCUT2D eigenvalue weighted by molar-refractivity contribution is 4.80. The van der Waals surface area contributed by atoms with Gasteiger partial charge in [0.2, 0.25) is 0 Å². The van der Waals surface area contributed by atoms with Crippen LogP contribution in [-0.2, 0) is 0 Å². The molecule has 0 spiro atoms. The minimum atomic E-state index is 0.325. The number of hydrogen-bond donors (Lipinski definition) is 1. The fourth-order valence-electron chi connectivity index (χ4n) is 2.02. The Morgan fingerprint density at radius 3 is 2.31 bits per heavy atom. The lowest BCUT2D eigenvalue weighted by molar-refractivity contribution is 0.218. The predicted octanol–water partition coefficient (Wildman–Crippen LogP) is 2.76. The first-order valence-electron chi connectivity index (χ1n) is 6.27. The average Bonchev–Trinajstić information content (AvgIpc) is 2.12. The highest BCUT2D eigenvalue weighted by Gasteiger charge is 2.20. The average molecular weight is 226 g/mol. The Bertz CT molecular complexity index is 197. The number of nitrogens with one attached hydrogen (secondary N) is 1. The molecule has 0 saturated carbocycles. The molecule has 0 aliphatic carbocycles. The van der Waals surface area contributed by atoms with E-state index in [-0.39, 0.29) is 0 Å². The molecule has 1 N–H and O–H groups in total. The Morgan fingerprint density at radius 2 is 1.88 bits per heavy atom. The van der Waals surface area contributed by atoms with Crippen molar-refractivity contribution < 1.29 is 0 Å². The topological polar surface area (TPSA) is 15.3 Å². The van der Waals surface area contributed by atoms with Crippen LogP contribution in [0.3, 0.4) is 0 Å². The largest absolute Gasteiger partial charge is 0.313 e. The van der Waals surface area contributed by atoms with E-state index < -0.39 is 0 Å². The van der Waals surface area contributed by atoms with Gasteiger partial charge in [-0.1, -0.05) is 26.8 Å². The molecule has 0 radical (unpaired) electrons. The van der Waals surface area contributed by atoms with Gasteiger partial charge in [0.05, 0.1) is 0 Å². The summed E-state index contributed by atoms with van der Waals surface area (Å²) in [6, 6.07) is 0.555. The molecule has 0 rings (SSSR count). The van der Waals surface area contributed by atoms with E-state index in [0.717, 1.165) is 19.5 Å². The number of allylic oxidation sites excluding steroid dienone is 1. The standard InChI is InChI=1S/C14H30N2/c1-8-9-12(2)13(3)15-10-14(4,5)11-16(6)7/h8,12-13,15H,1,9-11H2,2-7H3. The molecule has 2 unspecified atom stereocenters. The number of hydrogen-bond acceptors (Lipinski definition) is 2. The maximum atomic E-state index is 3.80. The van der Waals surface area contributed by atoms with Crippen LogP contribution in [0.25, 0.3) is 0 Å². The Labute approximate surface area is 102 Å². The first-order chi connectivity index (χ1) is 7.28. The van der Waals surface area contributed by atoms with Crippen molar-refractivity contribution in [3.05, 3.63) is 12.7 Å². The zero-order chi connectivity index (χ0) is 12.8. The molecule has 0 amide bonds. The lowest BCUT2D eigenvalue weighted by Crippen LogP contribution is -2.42. The molecule has 2 heteroatoms. The summed E-state index contributed by atoms with van der Waals surface area (Å²) in [6.45, 7) is 15.1. The van der Waals surface area contributed by atoms with Gasteiger partial charge in [0.15, 0.2) is 0 Å². The van der Waals surface area contributed by atoms with Crippen molar-refractivity contribution in [2.24, 2.45) is 11.3 Å². The van der Waals surface area contributed by atoms with E-state index in [2.05, 4.69) is 58.6 Å². The Hall–Kier alpha value is -0.340. The smallest absolute Gasteiger partial charge is 0.00675 e. The number of nitrogens with zero attached hydrogens (tertiary/aromatic N) is 1. The molecule has 96 valence electrons. The summed E-state index contributed by atoms with van der Waals surface area (Å²) in [5.41, 5.74) is 0.325. The first kappa shape index (κ1) is 15.7. The van der Waals surface area contributed by atoms with Gasteiger partial charge >= 0.3 is 0 Å². The molecule has 2 nitrogen and oxygen atoms in total. The lowest BCUT2D eigenvalue weighted by atomic mass is 9.91. The Kier molecular flexibility index (Phi) is 6.93. The van der Waals surface area contributed by atoms with Crippen LogP contribution in [0.15, 0.2) is 12.7 Å². The van der Waals surface area contributed by atoms with Gasteiger partial charge in [-0.3, -0.25) is 0 Å². The molecule has 0 aliphatic rings. The molecule has 0 saturated heterocycles. The monoisotopic (exact) mass is 226 g/mol. The summed E-state index contributed by atoms with van der Waals surface area (Å²) in [5, 5.41) is 3.64. The molecule has 0 aromatic carbocycles. The third kappa shape index (κ3) is 7.02. The molecular formula is C14H30N2. The van der Waals surface area contributed by atoms with Gasteiger partial charge in [-0.2, -0.15) is 0 Å². The van der Waals surface area contributed by atoms with Crippen molar-refractivity contribution in [1.29, 1.82) is 0 Å². The molecule has 0 aromatic heterocycles. The van der Waals surface area contributed by atoms with Crippen LogP contribution in [0.1, 0.15) is 34.1 Å². The van der Waals surface area contributed by atoms with Crippen LogP contribution >= 0.6 is 0 Å². The minimum absolute atomic E-state index is 0.325. The summed E-state index contributed by atoms with van der Waals surface area (Å²) >= 11 is 0. The normalized spacial score (nSPS) is 16.2. The fourth-order valence-corrected chi connectivity index (χ4v) is 2.02. The summed E-state index contributed by atoms with van der Waals surface area (Å²) in [4.78, 5) is 2.25. The van der Waals surface area contributed by atoms with E-state index in [4.69, 9.17) is 0 Å². The van der Waals surface area contributed by atoms with Crippen molar-refractivity contribution >= 4 is 0 Å². The van der Waals surface area contributed by atoms with E-state index >= 15 is 0 Å². The fraction of sp³-hybridized carbons (Fsp3) is 0.857. The second kappa shape index (κ2) is 7.08. The molecule has 0 bridgehead atoms. The zero-order valence-corrected chi connectivity index (χ0v) is 12.0. The number of rotatable bonds is 8. The highest BCUT2D eigenvalue weighted by Crippen LogP contribution is 2.16. The van der Waals surface area contributed by atoms with E-state index in [9.17, 15) is 0 Å². The van der Waals surface area contributed by atoms with Crippen LogP contribution in [0, 0.1) is 11.3 Å². The minimum Gasteiger partial charge on any atom is -0.313 e. The van der Waals surface area contributed by atoms with Crippen LogP contribution in [0.4, 0.5) is 0 Å². The lowest BCUT2D eigenvalue weighted by Gasteiger charge is -2.31. The third-order valence-corrected chi connectivity index (χ3v) is 3.04. The summed E-state index contributed by atoms with van der Waals surface area (Å²) in [5.74, 6) is 0.660. The van der Waals surface area contributed by atoms with Gasteiger partial charge < -0.3 is 10.2 Å². The van der Waals surface area contributed by atoms with Crippen LogP contribution in [-0.4, -0.2) is 38.1 Å². The van der Waals surface area contributed by atoms with Crippen molar-refractivity contribution in [2.75, 3.05) is 27.2 Å². The molecule has 0 aliphatic heterocycles. The van der Waals surface area contributed by atoms with Gasteiger partial charge in [-0.15, -0.1) is 6.58 Å². The van der Waals surface area contributed by atoms with Gasteiger partial charge in [0, 0.05) is 19.1 Å². The van der Waals surface area contributed by atoms with Crippen molar-refractivity contribution in [2.45, 2.75) is 40.2 Å². The maximum Gasteiger partial charge on any atom is 0.00675 e. The van der Waals surface area contributed by atoms with Crippen LogP contribution < -0.4 is 5.32 Å². The van der Waals surface area contributed by atoms with Crippen molar-refractivity contribution in [1.82, 2.24) is 10.2 Å². The molecule has 16 heavy (non-hydrogen) atoms. The SMILES string of the molecule is C=CCC(C)C(C)NCC(C)(C)CN(C)C. The van der Waals surface area contributed by atoms with Gasteiger partial charge in [-0.05, 0) is 38.8 Å². The molecular weight excluding hydrogens is 196 g/mol. The highest BCUT2D eigenvalue weighted by atomic mass is 15.1. The Balaban J connectivity index is 3.98. The van der Waals surface area contributed by atoms with Crippen LogP contribution in [0.5, 0.6) is 0 Å². The summed E-state index contributed by atoms with van der Waals surface area (Å²) in [7, 11) is 4.26. The van der Waals surface area contributed by atoms with Crippen molar-refractivity contribution in [3.8, 4) is 0 Å². The summed E-state index contributed by atoms with van der Waals surface area (Å²) in [6.07, 6.45) is 3.09. The molecule has 0 aromatic rings. The maximum absolute atomic E-state index is 3.80. The van der Waals surface area contributed by atoms with E-state index in [0.29, 0.717) is 17.4 Å². The second-order valence-corrected chi connectivity index (χ2v) is 6.07. The Morgan fingerprint density at radius 1 is 1.31 bits per heavy atom. The summed E-state index contributed by atoms with van der Waals surface area (Å²) < 4.78 is 0. The van der Waals surface area contributed by atoms with Gasteiger partial charge in [0.1, 0.15) is 0 Å². The van der Waals surface area contributed by atoms with E-state index in [1.807, 2.05) is 6.08 Å². The first-order valence-corrected chi connectivity index (χ1v) is 6.27. The van der Waals surface area contributed by atoms with Gasteiger partial charge in [-0.25, -0.2) is 0 Å². The third-order valence-electron chi connectivity index (χ3n) is 3.04. The van der Waals surface area contributed by atoms with Crippen molar-refractivity contribution in [3.63, 3.8) is 0 Å². The second-order valence-electron chi connectivity index (χ2n) is 6.07.